The van der Waals surface area contributed by atoms with Crippen molar-refractivity contribution in [2.75, 3.05) is 5.32 Å². The van der Waals surface area contributed by atoms with Crippen molar-refractivity contribution < 1.29 is 9.85 Å². The number of nitro groups is 2. The largest absolute Gasteiger partial charge is 0.373 e. The number of non-ortho nitro benzene ring substituents is 1. The van der Waals surface area contributed by atoms with Crippen LogP contribution in [0.25, 0.3) is 0 Å². The van der Waals surface area contributed by atoms with Crippen LogP contribution < -0.4 is 5.32 Å². The van der Waals surface area contributed by atoms with Gasteiger partial charge in [-0.25, -0.2) is 0 Å². The first-order chi connectivity index (χ1) is 8.86. The Hall–Kier alpha value is -2.44. The molecule has 1 aromatic carbocycles. The Labute approximate surface area is 110 Å². The number of nitrogens with one attached hydrogen (secondary N) is 1. The van der Waals surface area contributed by atoms with E-state index < -0.39 is 9.85 Å². The molecule has 19 heavy (non-hydrogen) atoms. The molecule has 1 unspecified atom stereocenters. The lowest BCUT2D eigenvalue weighted by Crippen LogP contribution is -2.19. The molecule has 0 aliphatic carbocycles. The van der Waals surface area contributed by atoms with E-state index in [9.17, 15) is 20.2 Å². The maximum Gasteiger partial charge on any atom is 0.299 e. The van der Waals surface area contributed by atoms with Crippen molar-refractivity contribution in [3.8, 4) is 0 Å². The highest BCUT2D eigenvalue weighted by atomic mass is 16.6. The van der Waals surface area contributed by atoms with E-state index in [4.69, 9.17) is 0 Å². The molecule has 102 valence electrons. The lowest BCUT2D eigenvalue weighted by atomic mass is 10.1. The summed E-state index contributed by atoms with van der Waals surface area (Å²) < 4.78 is 0. The van der Waals surface area contributed by atoms with Gasteiger partial charge in [0.15, 0.2) is 0 Å². The third-order valence-electron chi connectivity index (χ3n) is 2.72. The van der Waals surface area contributed by atoms with Crippen molar-refractivity contribution in [1.82, 2.24) is 0 Å². The number of hydrogen-bond donors (Lipinski definition) is 1. The van der Waals surface area contributed by atoms with Crippen LogP contribution in [0.4, 0.5) is 17.1 Å². The first-order valence-corrected chi connectivity index (χ1v) is 5.71. The third-order valence-corrected chi connectivity index (χ3v) is 2.72. The zero-order valence-electron chi connectivity index (χ0n) is 10.8. The van der Waals surface area contributed by atoms with Crippen molar-refractivity contribution in [1.29, 1.82) is 0 Å². The fourth-order valence-electron chi connectivity index (χ4n) is 1.67. The number of benzene rings is 1. The summed E-state index contributed by atoms with van der Waals surface area (Å²) in [4.78, 5) is 20.3. The van der Waals surface area contributed by atoms with Gasteiger partial charge in [-0.1, -0.05) is 19.1 Å². The van der Waals surface area contributed by atoms with Crippen molar-refractivity contribution in [2.24, 2.45) is 0 Å². The van der Waals surface area contributed by atoms with E-state index in [2.05, 4.69) is 11.9 Å². The summed E-state index contributed by atoms with van der Waals surface area (Å²) in [6.07, 6.45) is 0.712. The van der Waals surface area contributed by atoms with Crippen molar-refractivity contribution >= 4 is 17.1 Å². The molecule has 0 aromatic heterocycles. The Kier molecular flexibility index (Phi) is 4.57. The van der Waals surface area contributed by atoms with Gasteiger partial charge in [0.25, 0.3) is 11.4 Å². The number of hydrogen-bond acceptors (Lipinski definition) is 5. The van der Waals surface area contributed by atoms with E-state index in [0.717, 1.165) is 11.6 Å². The summed E-state index contributed by atoms with van der Waals surface area (Å²) in [6.45, 7) is 7.54. The molecule has 0 saturated carbocycles. The van der Waals surface area contributed by atoms with Gasteiger partial charge in [-0.05, 0) is 19.4 Å². The summed E-state index contributed by atoms with van der Waals surface area (Å²) in [5, 5.41) is 24.6. The predicted molar refractivity (Wildman–Crippen MR) is 72.3 cm³/mol. The minimum atomic E-state index is -0.660. The van der Waals surface area contributed by atoms with E-state index >= 15 is 0 Å². The van der Waals surface area contributed by atoms with Crippen LogP contribution in [-0.2, 0) is 0 Å². The van der Waals surface area contributed by atoms with Crippen LogP contribution in [0.2, 0.25) is 0 Å². The summed E-state index contributed by atoms with van der Waals surface area (Å²) in [7, 11) is 0. The summed E-state index contributed by atoms with van der Waals surface area (Å²) in [5.41, 5.74) is 0.482. The monoisotopic (exact) mass is 265 g/mol. The zero-order chi connectivity index (χ0) is 14.6. The van der Waals surface area contributed by atoms with Gasteiger partial charge in [0, 0.05) is 12.1 Å². The van der Waals surface area contributed by atoms with Crippen LogP contribution in [0.5, 0.6) is 0 Å². The van der Waals surface area contributed by atoms with Crippen LogP contribution in [-0.4, -0.2) is 15.9 Å². The molecule has 0 aliphatic heterocycles. The van der Waals surface area contributed by atoms with Gasteiger partial charge in [0.2, 0.25) is 0 Å². The molecule has 0 amide bonds. The van der Waals surface area contributed by atoms with Gasteiger partial charge in [0.1, 0.15) is 5.69 Å². The van der Waals surface area contributed by atoms with E-state index in [0.29, 0.717) is 6.42 Å². The van der Waals surface area contributed by atoms with Gasteiger partial charge in [-0.15, -0.1) is 0 Å². The SMILES string of the molecule is C=C(C)C(CC)Nc1ccc([N+](=O)[O-])cc1[N+](=O)[O-]. The fourth-order valence-corrected chi connectivity index (χ4v) is 1.67. The third kappa shape index (κ3) is 3.51. The fraction of sp³-hybridized carbons (Fsp3) is 0.333. The van der Waals surface area contributed by atoms with E-state index in [-0.39, 0.29) is 23.1 Å². The predicted octanol–water partition coefficient (Wildman–Crippen LogP) is 3.27. The molecule has 0 radical (unpaired) electrons. The van der Waals surface area contributed by atoms with Crippen LogP contribution in [0.15, 0.2) is 30.4 Å². The molecular formula is C12H15N3O4. The Morgan fingerprint density at radius 3 is 2.42 bits per heavy atom. The Bertz CT molecular complexity index is 528. The zero-order valence-corrected chi connectivity index (χ0v) is 10.8. The average Bonchev–Trinajstić information content (AvgIpc) is 2.35. The van der Waals surface area contributed by atoms with E-state index in [1.54, 1.807) is 0 Å². The lowest BCUT2D eigenvalue weighted by molar-refractivity contribution is -0.393. The molecule has 0 heterocycles. The maximum absolute atomic E-state index is 11.0. The molecule has 1 rings (SSSR count). The molecule has 1 aromatic rings. The summed E-state index contributed by atoms with van der Waals surface area (Å²) in [5.74, 6) is 0. The Morgan fingerprint density at radius 1 is 1.37 bits per heavy atom. The van der Waals surface area contributed by atoms with Gasteiger partial charge in [-0.2, -0.15) is 0 Å². The highest BCUT2D eigenvalue weighted by Crippen LogP contribution is 2.30. The maximum atomic E-state index is 11.0. The molecule has 7 nitrogen and oxygen atoms in total. The summed E-state index contributed by atoms with van der Waals surface area (Å²) >= 11 is 0. The Balaban J connectivity index is 3.16. The number of anilines is 1. The molecule has 7 heteroatoms. The van der Waals surface area contributed by atoms with Crippen LogP contribution in [0.3, 0.4) is 0 Å². The number of rotatable bonds is 6. The standard InChI is InChI=1S/C12H15N3O4/c1-4-10(8(2)3)13-11-6-5-9(14(16)17)7-12(11)15(18)19/h5-7,10,13H,2,4H2,1,3H3. The van der Waals surface area contributed by atoms with Crippen molar-refractivity contribution in [3.05, 3.63) is 50.6 Å². The van der Waals surface area contributed by atoms with Crippen molar-refractivity contribution in [2.45, 2.75) is 26.3 Å². The van der Waals surface area contributed by atoms with Gasteiger partial charge in [-0.3, -0.25) is 20.2 Å². The van der Waals surface area contributed by atoms with E-state index in [1.165, 1.54) is 12.1 Å². The number of nitrogens with zero attached hydrogens (tertiary/aromatic N) is 2. The lowest BCUT2D eigenvalue weighted by Gasteiger charge is -2.18. The second kappa shape index (κ2) is 5.94. The molecule has 0 spiro atoms. The van der Waals surface area contributed by atoms with Crippen molar-refractivity contribution in [3.63, 3.8) is 0 Å². The minimum absolute atomic E-state index is 0.111. The highest BCUT2D eigenvalue weighted by molar-refractivity contribution is 5.66. The molecule has 0 fully saturated rings. The molecular weight excluding hydrogens is 250 g/mol. The molecule has 0 bridgehead atoms. The van der Waals surface area contributed by atoms with Gasteiger partial charge >= 0.3 is 0 Å². The first-order valence-electron chi connectivity index (χ1n) is 5.71. The molecule has 0 aliphatic rings. The average molecular weight is 265 g/mol. The van der Waals surface area contributed by atoms with Crippen LogP contribution >= 0.6 is 0 Å². The normalized spacial score (nSPS) is 11.7. The topological polar surface area (TPSA) is 98.3 Å². The molecule has 1 N–H and O–H groups in total. The quantitative estimate of drug-likeness (QED) is 0.483. The Morgan fingerprint density at radius 2 is 2.00 bits per heavy atom. The second-order valence-electron chi connectivity index (χ2n) is 4.17. The van der Waals surface area contributed by atoms with Crippen LogP contribution in [0, 0.1) is 20.2 Å². The minimum Gasteiger partial charge on any atom is -0.373 e. The molecule has 1 atom stereocenters. The number of nitro benzene ring substituents is 2. The second-order valence-corrected chi connectivity index (χ2v) is 4.17. The van der Waals surface area contributed by atoms with Gasteiger partial charge < -0.3 is 5.32 Å². The smallest absolute Gasteiger partial charge is 0.299 e. The molecule has 0 saturated heterocycles. The van der Waals surface area contributed by atoms with Crippen LogP contribution in [0.1, 0.15) is 20.3 Å². The first kappa shape index (κ1) is 14.6. The highest BCUT2D eigenvalue weighted by Gasteiger charge is 2.21. The summed E-state index contributed by atoms with van der Waals surface area (Å²) in [6, 6.07) is 3.43. The van der Waals surface area contributed by atoms with Gasteiger partial charge in [0.05, 0.1) is 15.9 Å². The van der Waals surface area contributed by atoms with E-state index in [1.807, 2.05) is 13.8 Å².